The molecule has 3 rings (SSSR count). The number of hydrogen-bond donors (Lipinski definition) is 2. The van der Waals surface area contributed by atoms with Gasteiger partial charge in [-0.3, -0.25) is 0 Å². The Morgan fingerprint density at radius 1 is 0.739 bits per heavy atom. The van der Waals surface area contributed by atoms with Crippen molar-refractivity contribution in [3.05, 3.63) is 78.4 Å². The maximum absolute atomic E-state index is 10.8. The Bertz CT molecular complexity index is 742. The van der Waals surface area contributed by atoms with Gasteiger partial charge in [0.05, 0.1) is 0 Å². The van der Waals surface area contributed by atoms with Crippen molar-refractivity contribution in [2.45, 2.75) is 19.4 Å². The zero-order chi connectivity index (χ0) is 16.4. The van der Waals surface area contributed by atoms with Gasteiger partial charge in [0.15, 0.2) is 0 Å². The maximum atomic E-state index is 10.8. The molecule has 0 aliphatic rings. The SMILES string of the molecule is CC(C)(N)c1cc(-c2ccccc2)c(O)c(-c2ccccc2)c1. The lowest BCUT2D eigenvalue weighted by atomic mass is 9.87. The van der Waals surface area contributed by atoms with Gasteiger partial charge in [0, 0.05) is 16.7 Å². The minimum absolute atomic E-state index is 0.287. The van der Waals surface area contributed by atoms with Crippen LogP contribution in [0.1, 0.15) is 19.4 Å². The van der Waals surface area contributed by atoms with Gasteiger partial charge in [-0.1, -0.05) is 60.7 Å². The fourth-order valence-corrected chi connectivity index (χ4v) is 2.68. The van der Waals surface area contributed by atoms with E-state index in [9.17, 15) is 5.11 Å². The topological polar surface area (TPSA) is 46.2 Å². The lowest BCUT2D eigenvalue weighted by Crippen LogP contribution is -2.28. The average molecular weight is 303 g/mol. The van der Waals surface area contributed by atoms with E-state index in [4.69, 9.17) is 5.73 Å². The average Bonchev–Trinajstić information content (AvgIpc) is 2.55. The van der Waals surface area contributed by atoms with Crippen molar-refractivity contribution in [3.63, 3.8) is 0 Å². The molecule has 0 atom stereocenters. The summed E-state index contributed by atoms with van der Waals surface area (Å²) in [6.07, 6.45) is 0. The molecule has 0 radical (unpaired) electrons. The summed E-state index contributed by atoms with van der Waals surface area (Å²) in [4.78, 5) is 0. The number of phenols is 1. The molecule has 0 aliphatic carbocycles. The smallest absolute Gasteiger partial charge is 0.131 e. The molecule has 0 amide bonds. The molecule has 0 spiro atoms. The van der Waals surface area contributed by atoms with Crippen LogP contribution in [0, 0.1) is 0 Å². The molecule has 0 aromatic heterocycles. The van der Waals surface area contributed by atoms with Crippen molar-refractivity contribution in [2.75, 3.05) is 0 Å². The Labute approximate surface area is 137 Å². The summed E-state index contributed by atoms with van der Waals surface area (Å²) in [7, 11) is 0. The zero-order valence-corrected chi connectivity index (χ0v) is 13.5. The van der Waals surface area contributed by atoms with Gasteiger partial charge in [0.25, 0.3) is 0 Å². The van der Waals surface area contributed by atoms with Crippen LogP contribution in [0.3, 0.4) is 0 Å². The van der Waals surface area contributed by atoms with Crippen LogP contribution < -0.4 is 5.73 Å². The summed E-state index contributed by atoms with van der Waals surface area (Å²) < 4.78 is 0. The molecule has 0 heterocycles. The minimum atomic E-state index is -0.485. The highest BCUT2D eigenvalue weighted by atomic mass is 16.3. The summed E-state index contributed by atoms with van der Waals surface area (Å²) in [5.41, 5.74) is 10.4. The van der Waals surface area contributed by atoms with Crippen LogP contribution in [-0.2, 0) is 5.54 Å². The molecular formula is C21H21NO. The molecule has 0 unspecified atom stereocenters. The first-order valence-electron chi connectivity index (χ1n) is 7.74. The largest absolute Gasteiger partial charge is 0.507 e. The Kier molecular flexibility index (Phi) is 3.93. The van der Waals surface area contributed by atoms with Crippen LogP contribution in [0.25, 0.3) is 22.3 Å². The van der Waals surface area contributed by atoms with Crippen molar-refractivity contribution in [1.82, 2.24) is 0 Å². The predicted octanol–water partition coefficient (Wildman–Crippen LogP) is 4.92. The highest BCUT2D eigenvalue weighted by molar-refractivity contribution is 5.83. The number of aromatic hydroxyl groups is 1. The third-order valence-electron chi connectivity index (χ3n) is 4.02. The van der Waals surface area contributed by atoms with Crippen LogP contribution in [0.15, 0.2) is 72.8 Å². The van der Waals surface area contributed by atoms with E-state index in [0.29, 0.717) is 0 Å². The third kappa shape index (κ3) is 3.13. The standard InChI is InChI=1S/C21H21NO/c1-21(2,22)17-13-18(15-9-5-3-6-10-15)20(23)19(14-17)16-11-7-4-8-12-16/h3-14,23H,22H2,1-2H3. The molecule has 3 aromatic rings. The van der Waals surface area contributed by atoms with Gasteiger partial charge < -0.3 is 10.8 Å². The van der Waals surface area contributed by atoms with Gasteiger partial charge >= 0.3 is 0 Å². The summed E-state index contributed by atoms with van der Waals surface area (Å²) in [5, 5.41) is 10.8. The molecule has 0 saturated carbocycles. The van der Waals surface area contributed by atoms with Crippen molar-refractivity contribution in [1.29, 1.82) is 0 Å². The number of nitrogens with two attached hydrogens (primary N) is 1. The first kappa shape index (κ1) is 15.3. The summed E-state index contributed by atoms with van der Waals surface area (Å²) in [5.74, 6) is 0.287. The predicted molar refractivity (Wildman–Crippen MR) is 96.2 cm³/mol. The zero-order valence-electron chi connectivity index (χ0n) is 13.5. The quantitative estimate of drug-likeness (QED) is 0.721. The minimum Gasteiger partial charge on any atom is -0.507 e. The van der Waals surface area contributed by atoms with Gasteiger partial charge in [-0.2, -0.15) is 0 Å². The normalized spacial score (nSPS) is 11.4. The third-order valence-corrected chi connectivity index (χ3v) is 4.02. The molecular weight excluding hydrogens is 282 g/mol. The Balaban J connectivity index is 2.28. The van der Waals surface area contributed by atoms with E-state index in [2.05, 4.69) is 0 Å². The molecule has 2 heteroatoms. The number of rotatable bonds is 3. The monoisotopic (exact) mass is 303 g/mol. The summed E-state index contributed by atoms with van der Waals surface area (Å²) in [6.45, 7) is 3.95. The van der Waals surface area contributed by atoms with E-state index in [1.165, 1.54) is 0 Å². The number of phenolic OH excluding ortho intramolecular Hbond substituents is 1. The summed E-state index contributed by atoms with van der Waals surface area (Å²) >= 11 is 0. The van der Waals surface area contributed by atoms with Crippen LogP contribution in [-0.4, -0.2) is 5.11 Å². The Morgan fingerprint density at radius 2 is 1.13 bits per heavy atom. The van der Waals surface area contributed by atoms with E-state index in [0.717, 1.165) is 27.8 Å². The van der Waals surface area contributed by atoms with Crippen molar-refractivity contribution < 1.29 is 5.11 Å². The molecule has 3 aromatic carbocycles. The van der Waals surface area contributed by atoms with Crippen molar-refractivity contribution >= 4 is 0 Å². The number of hydrogen-bond acceptors (Lipinski definition) is 2. The van der Waals surface area contributed by atoms with Gasteiger partial charge in [0.2, 0.25) is 0 Å². The second kappa shape index (κ2) is 5.90. The van der Waals surface area contributed by atoms with Gasteiger partial charge in [-0.15, -0.1) is 0 Å². The Hall–Kier alpha value is -2.58. The molecule has 0 fully saturated rings. The maximum Gasteiger partial charge on any atom is 0.131 e. The molecule has 0 saturated heterocycles. The van der Waals surface area contributed by atoms with Crippen LogP contribution >= 0.6 is 0 Å². The van der Waals surface area contributed by atoms with Gasteiger partial charge in [-0.25, -0.2) is 0 Å². The van der Waals surface area contributed by atoms with Crippen LogP contribution in [0.4, 0.5) is 0 Å². The van der Waals surface area contributed by atoms with E-state index in [-0.39, 0.29) is 5.75 Å². The number of benzene rings is 3. The Morgan fingerprint density at radius 3 is 1.48 bits per heavy atom. The first-order chi connectivity index (χ1) is 11.0. The fourth-order valence-electron chi connectivity index (χ4n) is 2.68. The van der Waals surface area contributed by atoms with E-state index < -0.39 is 5.54 Å². The molecule has 0 aliphatic heterocycles. The highest BCUT2D eigenvalue weighted by Crippen LogP contribution is 2.40. The second-order valence-electron chi connectivity index (χ2n) is 6.37. The second-order valence-corrected chi connectivity index (χ2v) is 6.37. The van der Waals surface area contributed by atoms with Crippen molar-refractivity contribution in [2.24, 2.45) is 5.73 Å². The fraction of sp³-hybridized carbons (Fsp3) is 0.143. The van der Waals surface area contributed by atoms with E-state index in [1.807, 2.05) is 86.6 Å². The summed E-state index contributed by atoms with van der Waals surface area (Å²) in [6, 6.07) is 23.8. The molecule has 3 N–H and O–H groups in total. The van der Waals surface area contributed by atoms with Crippen LogP contribution in [0.2, 0.25) is 0 Å². The molecule has 23 heavy (non-hydrogen) atoms. The van der Waals surface area contributed by atoms with E-state index >= 15 is 0 Å². The lowest BCUT2D eigenvalue weighted by Gasteiger charge is -2.23. The van der Waals surface area contributed by atoms with E-state index in [1.54, 1.807) is 0 Å². The van der Waals surface area contributed by atoms with Gasteiger partial charge in [-0.05, 0) is 42.7 Å². The molecule has 0 bridgehead atoms. The lowest BCUT2D eigenvalue weighted by molar-refractivity contribution is 0.477. The molecule has 2 nitrogen and oxygen atoms in total. The highest BCUT2D eigenvalue weighted by Gasteiger charge is 2.20. The van der Waals surface area contributed by atoms with Crippen LogP contribution in [0.5, 0.6) is 5.75 Å². The van der Waals surface area contributed by atoms with Crippen molar-refractivity contribution in [3.8, 4) is 28.0 Å². The van der Waals surface area contributed by atoms with Gasteiger partial charge in [0.1, 0.15) is 5.75 Å². The first-order valence-corrected chi connectivity index (χ1v) is 7.74. The molecule has 116 valence electrons.